The zero-order chi connectivity index (χ0) is 39.3. The first-order valence-corrected chi connectivity index (χ1v) is 21.1. The molecule has 1 saturated heterocycles. The summed E-state index contributed by atoms with van der Waals surface area (Å²) in [6, 6.07) is 16.7. The van der Waals surface area contributed by atoms with E-state index in [4.69, 9.17) is 24.3 Å². The highest BCUT2D eigenvalue weighted by molar-refractivity contribution is 7.52. The van der Waals surface area contributed by atoms with E-state index in [2.05, 4.69) is 33.9 Å². The Balaban J connectivity index is 1.34. The Kier molecular flexibility index (Phi) is 15.6. The van der Waals surface area contributed by atoms with E-state index in [1.54, 1.807) is 37.3 Å². The molecule has 5 rings (SSSR count). The summed E-state index contributed by atoms with van der Waals surface area (Å²) < 4.78 is 54.7. The molecule has 0 saturated carbocycles. The molecule has 2 aromatic heterocycles. The molecule has 1 aliphatic rings. The van der Waals surface area contributed by atoms with Gasteiger partial charge in [-0.15, -0.1) is 0 Å². The van der Waals surface area contributed by atoms with Crippen molar-refractivity contribution in [2.24, 2.45) is 5.92 Å². The summed E-state index contributed by atoms with van der Waals surface area (Å²) in [6.07, 6.45) is 9.61. The number of nitrogens with zero attached hydrogens (tertiary/aromatic N) is 4. The van der Waals surface area contributed by atoms with Gasteiger partial charge in [0.25, 0.3) is 0 Å². The number of carbonyl (C=O) groups is 1. The van der Waals surface area contributed by atoms with Crippen molar-refractivity contribution in [2.75, 3.05) is 18.9 Å². The normalized spacial score (nSPS) is 20.1. The summed E-state index contributed by atoms with van der Waals surface area (Å²) in [5.41, 5.74) is 5.52. The number of hydrogen-bond donors (Lipinski definition) is 3. The predicted octanol–water partition coefficient (Wildman–Crippen LogP) is 8.09. The molecule has 4 aromatic rings. The Hall–Kier alpha value is -3.94. The van der Waals surface area contributed by atoms with E-state index in [-0.39, 0.29) is 48.1 Å². The number of rotatable bonds is 23. The van der Waals surface area contributed by atoms with Crippen LogP contribution in [0.2, 0.25) is 0 Å². The summed E-state index contributed by atoms with van der Waals surface area (Å²) in [7, 11) is -4.39. The number of nitrogens with one attached hydrogen (secondary N) is 1. The van der Waals surface area contributed by atoms with Crippen molar-refractivity contribution in [1.82, 2.24) is 24.6 Å². The minimum atomic E-state index is -4.39. The summed E-state index contributed by atoms with van der Waals surface area (Å²) in [6.45, 7) is 5.83. The van der Waals surface area contributed by atoms with Crippen molar-refractivity contribution >= 4 is 30.7 Å². The maximum Gasteiger partial charge on any atom is 0.459 e. The maximum atomic E-state index is 14.8. The fourth-order valence-corrected chi connectivity index (χ4v) is 8.36. The highest BCUT2D eigenvalue weighted by Crippen LogP contribution is 2.48. The zero-order valence-corrected chi connectivity index (χ0v) is 33.0. The fourth-order valence-electron chi connectivity index (χ4n) is 6.78. The number of aliphatic hydroxyl groups excluding tert-OH is 1. The van der Waals surface area contributed by atoms with Gasteiger partial charge in [-0.3, -0.25) is 13.9 Å². The summed E-state index contributed by atoms with van der Waals surface area (Å²) in [5, 5.41) is 14.2. The van der Waals surface area contributed by atoms with Crippen molar-refractivity contribution in [3.05, 3.63) is 78.6 Å². The summed E-state index contributed by atoms with van der Waals surface area (Å²) >= 11 is 0. The van der Waals surface area contributed by atoms with Crippen LogP contribution in [-0.4, -0.2) is 61.6 Å². The number of unbranched alkanes of at least 4 members (excludes halogenated alkanes) is 6. The van der Waals surface area contributed by atoms with E-state index < -0.39 is 50.4 Å². The average molecular weight is 783 g/mol. The van der Waals surface area contributed by atoms with Gasteiger partial charge in [-0.25, -0.2) is 9.55 Å². The molecule has 0 aliphatic carbocycles. The number of ether oxygens (including phenoxy) is 2. The SMILES string of the molecule is CCCCCCC(CCCCCC)COC(=O)[C@H](Cc1ccccc1)N[P@](=O)(OC[C@@]1(C)O[C@@H](n2cnc3c(N)nc(F)nc32)C[C@@H]1O)Oc1ccccc1. The van der Waals surface area contributed by atoms with Gasteiger partial charge in [-0.1, -0.05) is 114 Å². The van der Waals surface area contributed by atoms with E-state index in [1.807, 2.05) is 30.3 Å². The number of aromatic nitrogens is 4. The van der Waals surface area contributed by atoms with Crippen molar-refractivity contribution in [3.8, 4) is 5.75 Å². The molecule has 1 fully saturated rings. The van der Waals surface area contributed by atoms with Crippen LogP contribution in [0.15, 0.2) is 67.0 Å². The lowest BCUT2D eigenvalue weighted by molar-refractivity contribution is -0.147. The van der Waals surface area contributed by atoms with Gasteiger partial charge < -0.3 is 24.8 Å². The summed E-state index contributed by atoms with van der Waals surface area (Å²) in [4.78, 5) is 25.6. The Morgan fingerprint density at radius 2 is 1.69 bits per heavy atom. The number of fused-ring (bicyclic) bond motifs is 1. The monoisotopic (exact) mass is 782 g/mol. The fraction of sp³-hybridized carbons (Fsp3) is 0.550. The molecule has 0 spiro atoms. The molecular formula is C40H56FN6O7P. The van der Waals surface area contributed by atoms with Crippen LogP contribution >= 0.6 is 7.75 Å². The number of hydrogen-bond acceptors (Lipinski definition) is 11. The minimum Gasteiger partial charge on any atom is -0.464 e. The highest BCUT2D eigenvalue weighted by atomic mass is 31.2. The molecule has 5 atom stereocenters. The predicted molar refractivity (Wildman–Crippen MR) is 209 cm³/mol. The van der Waals surface area contributed by atoms with Crippen LogP contribution in [-0.2, 0) is 29.8 Å². The first-order chi connectivity index (χ1) is 26.5. The third-order valence-corrected chi connectivity index (χ3v) is 11.6. The number of para-hydroxylation sites is 1. The molecule has 300 valence electrons. The largest absolute Gasteiger partial charge is 0.464 e. The Labute approximate surface area is 323 Å². The number of esters is 1. The summed E-state index contributed by atoms with van der Waals surface area (Å²) in [5.74, 6) is -0.238. The Morgan fingerprint density at radius 1 is 1.04 bits per heavy atom. The first-order valence-electron chi connectivity index (χ1n) is 19.5. The van der Waals surface area contributed by atoms with Crippen LogP contribution in [0, 0.1) is 12.0 Å². The average Bonchev–Trinajstić information content (AvgIpc) is 3.73. The molecule has 3 heterocycles. The Bertz CT molecular complexity index is 1820. The molecule has 13 nitrogen and oxygen atoms in total. The smallest absolute Gasteiger partial charge is 0.459 e. The van der Waals surface area contributed by atoms with Gasteiger partial charge in [0.05, 0.1) is 25.6 Å². The van der Waals surface area contributed by atoms with E-state index in [0.717, 1.165) is 56.9 Å². The molecule has 0 radical (unpaired) electrons. The first kappa shape index (κ1) is 42.2. The zero-order valence-electron chi connectivity index (χ0n) is 32.1. The van der Waals surface area contributed by atoms with Gasteiger partial charge in [-0.2, -0.15) is 19.4 Å². The van der Waals surface area contributed by atoms with Crippen LogP contribution in [0.1, 0.15) is 103 Å². The number of nitrogen functional groups attached to an aromatic ring is 1. The Morgan fingerprint density at radius 3 is 2.35 bits per heavy atom. The second-order valence-corrected chi connectivity index (χ2v) is 16.3. The molecule has 0 amide bonds. The molecule has 0 unspecified atom stereocenters. The third kappa shape index (κ3) is 12.0. The van der Waals surface area contributed by atoms with E-state index >= 15 is 0 Å². The van der Waals surface area contributed by atoms with Gasteiger partial charge in [0.15, 0.2) is 17.0 Å². The van der Waals surface area contributed by atoms with Crippen LogP contribution in [0.5, 0.6) is 5.75 Å². The molecular weight excluding hydrogens is 726 g/mol. The molecule has 4 N–H and O–H groups in total. The molecule has 55 heavy (non-hydrogen) atoms. The lowest BCUT2D eigenvalue weighted by Crippen LogP contribution is -2.43. The van der Waals surface area contributed by atoms with Crippen LogP contribution in [0.3, 0.4) is 0 Å². The lowest BCUT2D eigenvalue weighted by atomic mass is 9.95. The highest BCUT2D eigenvalue weighted by Gasteiger charge is 2.48. The van der Waals surface area contributed by atoms with Crippen LogP contribution in [0.4, 0.5) is 10.2 Å². The number of anilines is 1. The number of nitrogens with two attached hydrogens (primary N) is 1. The van der Waals surface area contributed by atoms with Crippen LogP contribution in [0.25, 0.3) is 11.2 Å². The van der Waals surface area contributed by atoms with Crippen LogP contribution < -0.4 is 15.3 Å². The number of halogens is 1. The van der Waals surface area contributed by atoms with Crippen molar-refractivity contribution in [2.45, 2.75) is 122 Å². The van der Waals surface area contributed by atoms with Gasteiger partial charge >= 0.3 is 19.8 Å². The van der Waals surface area contributed by atoms with Gasteiger partial charge in [0.1, 0.15) is 23.6 Å². The number of imidazole rings is 1. The van der Waals surface area contributed by atoms with Gasteiger partial charge in [-0.05, 0) is 49.8 Å². The van der Waals surface area contributed by atoms with E-state index in [0.29, 0.717) is 0 Å². The van der Waals surface area contributed by atoms with E-state index in [1.165, 1.54) is 23.7 Å². The molecule has 0 bridgehead atoms. The minimum absolute atomic E-state index is 0.0507. The third-order valence-electron chi connectivity index (χ3n) is 10.0. The topological polar surface area (TPSA) is 173 Å². The van der Waals surface area contributed by atoms with Gasteiger partial charge in [0, 0.05) is 6.42 Å². The van der Waals surface area contributed by atoms with E-state index in [9.17, 15) is 18.9 Å². The number of carbonyl (C=O) groups excluding carboxylic acids is 1. The second kappa shape index (κ2) is 20.3. The number of aliphatic hydroxyl groups is 1. The molecule has 1 aliphatic heterocycles. The van der Waals surface area contributed by atoms with Crippen molar-refractivity contribution in [1.29, 1.82) is 0 Å². The van der Waals surface area contributed by atoms with Gasteiger partial charge in [0.2, 0.25) is 0 Å². The molecule has 15 heteroatoms. The van der Waals surface area contributed by atoms with Crippen molar-refractivity contribution < 1.29 is 37.4 Å². The van der Waals surface area contributed by atoms with Crippen molar-refractivity contribution in [3.63, 3.8) is 0 Å². The lowest BCUT2D eigenvalue weighted by Gasteiger charge is -2.31. The quantitative estimate of drug-likeness (QED) is 0.0286. The standard InChI is InChI=1S/C40H56FN6O7P/c1-4-6-8-12-20-30(21-13-9-7-5-2)26-51-38(49)32(24-29-18-14-10-15-19-29)46-55(50,54-31-22-16-11-17-23-31)52-27-40(3)33(48)25-34(53-40)47-28-43-35-36(42)44-39(41)45-37(35)47/h10-11,14-19,22-23,28,30,32-34,48H,4-9,12-13,20-21,24-27H2,1-3H3,(H,46,50)(H2,42,44,45)/t32-,33-,34+,40+,55-/m0/s1. The second-order valence-electron chi connectivity index (χ2n) is 14.6. The molecule has 2 aromatic carbocycles. The number of benzene rings is 2. The maximum absolute atomic E-state index is 14.8.